The number of hydrogen-bond acceptors (Lipinski definition) is 3. The van der Waals surface area contributed by atoms with Gasteiger partial charge in [-0.1, -0.05) is 41.7 Å². The van der Waals surface area contributed by atoms with E-state index in [0.717, 1.165) is 12.1 Å². The van der Waals surface area contributed by atoms with E-state index in [9.17, 15) is 0 Å². The minimum absolute atomic E-state index is 0.931. The first-order valence-corrected chi connectivity index (χ1v) is 6.90. The fourth-order valence-electron chi connectivity index (χ4n) is 1.34. The summed E-state index contributed by atoms with van der Waals surface area (Å²) in [6.45, 7) is 3.73. The van der Waals surface area contributed by atoms with Gasteiger partial charge < -0.3 is 0 Å². The Morgan fingerprint density at radius 1 is 1.20 bits per heavy atom. The van der Waals surface area contributed by atoms with Crippen molar-refractivity contribution in [3.05, 3.63) is 42.5 Å². The van der Waals surface area contributed by atoms with Crippen LogP contribution in [0.2, 0.25) is 0 Å². The average molecular weight is 235 g/mol. The van der Waals surface area contributed by atoms with Gasteiger partial charge in [-0.25, -0.2) is 4.99 Å². The summed E-state index contributed by atoms with van der Waals surface area (Å²) >= 11 is 3.70. The molecule has 0 atom stereocenters. The maximum absolute atomic E-state index is 4.58. The second kappa shape index (κ2) is 5.42. The first-order chi connectivity index (χ1) is 7.38. The van der Waals surface area contributed by atoms with Crippen LogP contribution in [0.15, 0.2) is 41.9 Å². The SMILES string of the molecule is C=CCc1ccc(N=C2SCCS2)cc1. The molecule has 1 aromatic rings. The van der Waals surface area contributed by atoms with Crippen molar-refractivity contribution in [3.8, 4) is 0 Å². The van der Waals surface area contributed by atoms with Gasteiger partial charge in [-0.3, -0.25) is 0 Å². The normalized spacial score (nSPS) is 15.3. The first kappa shape index (κ1) is 10.8. The molecular weight excluding hydrogens is 222 g/mol. The van der Waals surface area contributed by atoms with Crippen LogP contribution in [-0.4, -0.2) is 15.9 Å². The fraction of sp³-hybridized carbons (Fsp3) is 0.250. The summed E-state index contributed by atoms with van der Waals surface area (Å²) in [6, 6.07) is 8.38. The van der Waals surface area contributed by atoms with Crippen LogP contribution in [0.5, 0.6) is 0 Å². The van der Waals surface area contributed by atoms with Crippen LogP contribution in [0.3, 0.4) is 0 Å². The summed E-state index contributed by atoms with van der Waals surface area (Å²) in [7, 11) is 0. The zero-order valence-corrected chi connectivity index (χ0v) is 10.1. The van der Waals surface area contributed by atoms with E-state index in [1.54, 1.807) is 0 Å². The summed E-state index contributed by atoms with van der Waals surface area (Å²) in [5.41, 5.74) is 2.35. The highest BCUT2D eigenvalue weighted by atomic mass is 32.2. The second-order valence-electron chi connectivity index (χ2n) is 3.23. The van der Waals surface area contributed by atoms with Crippen LogP contribution in [0, 0.1) is 0 Å². The summed E-state index contributed by atoms with van der Waals surface area (Å²) in [5, 5.41) is 0. The third-order valence-corrected chi connectivity index (χ3v) is 4.53. The molecule has 1 saturated heterocycles. The molecule has 1 aliphatic heterocycles. The minimum Gasteiger partial charge on any atom is -0.235 e. The van der Waals surface area contributed by atoms with Crippen molar-refractivity contribution in [2.24, 2.45) is 4.99 Å². The smallest absolute Gasteiger partial charge is 0.130 e. The van der Waals surface area contributed by atoms with Crippen LogP contribution < -0.4 is 0 Å². The number of aliphatic imine (C=N–C) groups is 1. The summed E-state index contributed by atoms with van der Waals surface area (Å²) in [6.07, 6.45) is 2.85. The van der Waals surface area contributed by atoms with Gasteiger partial charge in [-0.15, -0.1) is 6.58 Å². The van der Waals surface area contributed by atoms with Crippen LogP contribution in [0.25, 0.3) is 0 Å². The Balaban J connectivity index is 2.09. The fourth-order valence-corrected chi connectivity index (χ4v) is 3.53. The van der Waals surface area contributed by atoms with Crippen LogP contribution >= 0.6 is 23.5 Å². The molecule has 0 unspecified atom stereocenters. The standard InChI is InChI=1S/C12H13NS2/c1-2-3-10-4-6-11(7-5-10)13-12-14-8-9-15-12/h2,4-7H,1,3,8-9H2. The Kier molecular flexibility index (Phi) is 3.92. The zero-order chi connectivity index (χ0) is 10.5. The Morgan fingerprint density at radius 3 is 2.47 bits per heavy atom. The molecule has 3 heteroatoms. The van der Waals surface area contributed by atoms with Crippen molar-refractivity contribution in [2.75, 3.05) is 11.5 Å². The molecule has 1 aliphatic rings. The summed E-state index contributed by atoms with van der Waals surface area (Å²) < 4.78 is 1.20. The molecule has 0 spiro atoms. The molecule has 0 aliphatic carbocycles. The molecule has 15 heavy (non-hydrogen) atoms. The average Bonchev–Trinajstić information content (AvgIpc) is 2.74. The largest absolute Gasteiger partial charge is 0.235 e. The molecule has 0 amide bonds. The lowest BCUT2D eigenvalue weighted by molar-refractivity contribution is 1.27. The number of benzene rings is 1. The van der Waals surface area contributed by atoms with Gasteiger partial charge in [-0.2, -0.15) is 0 Å². The minimum atomic E-state index is 0.931. The third kappa shape index (κ3) is 3.14. The molecule has 0 saturated carbocycles. The molecule has 0 N–H and O–H groups in total. The zero-order valence-electron chi connectivity index (χ0n) is 8.48. The van der Waals surface area contributed by atoms with Gasteiger partial charge in [0.15, 0.2) is 0 Å². The van der Waals surface area contributed by atoms with Gasteiger partial charge in [0.05, 0.1) is 5.69 Å². The van der Waals surface area contributed by atoms with Crippen LogP contribution in [-0.2, 0) is 6.42 Å². The van der Waals surface area contributed by atoms with E-state index in [0.29, 0.717) is 0 Å². The highest BCUT2D eigenvalue weighted by molar-refractivity contribution is 8.41. The van der Waals surface area contributed by atoms with E-state index in [4.69, 9.17) is 0 Å². The van der Waals surface area contributed by atoms with Crippen molar-refractivity contribution < 1.29 is 0 Å². The Morgan fingerprint density at radius 2 is 1.87 bits per heavy atom. The Labute approximate surface area is 99.1 Å². The summed E-state index contributed by atoms with van der Waals surface area (Å²) in [5.74, 6) is 2.39. The maximum atomic E-state index is 4.58. The topological polar surface area (TPSA) is 12.4 Å². The van der Waals surface area contributed by atoms with Crippen molar-refractivity contribution in [2.45, 2.75) is 6.42 Å². The summed E-state index contributed by atoms with van der Waals surface area (Å²) in [4.78, 5) is 4.58. The predicted octanol–water partition coefficient (Wildman–Crippen LogP) is 3.88. The monoisotopic (exact) mass is 235 g/mol. The first-order valence-electron chi connectivity index (χ1n) is 4.92. The van der Waals surface area contributed by atoms with E-state index < -0.39 is 0 Å². The quantitative estimate of drug-likeness (QED) is 0.737. The highest BCUT2D eigenvalue weighted by Crippen LogP contribution is 2.29. The predicted molar refractivity (Wildman–Crippen MR) is 72.4 cm³/mol. The van der Waals surface area contributed by atoms with Crippen molar-refractivity contribution >= 4 is 33.6 Å². The molecule has 1 nitrogen and oxygen atoms in total. The van der Waals surface area contributed by atoms with E-state index in [1.807, 2.05) is 29.6 Å². The van der Waals surface area contributed by atoms with Gasteiger partial charge in [-0.05, 0) is 24.1 Å². The number of allylic oxidation sites excluding steroid dienone is 1. The molecule has 78 valence electrons. The molecular formula is C12H13NS2. The van der Waals surface area contributed by atoms with Crippen molar-refractivity contribution in [3.63, 3.8) is 0 Å². The van der Waals surface area contributed by atoms with Gasteiger partial charge in [0, 0.05) is 11.5 Å². The second-order valence-corrected chi connectivity index (χ2v) is 5.66. The number of nitrogens with zero attached hydrogens (tertiary/aromatic N) is 1. The van der Waals surface area contributed by atoms with Crippen LogP contribution in [0.1, 0.15) is 5.56 Å². The number of thioether (sulfide) groups is 2. The van der Waals surface area contributed by atoms with Crippen molar-refractivity contribution in [1.82, 2.24) is 0 Å². The van der Waals surface area contributed by atoms with Gasteiger partial charge in [0.25, 0.3) is 0 Å². The van der Waals surface area contributed by atoms with Gasteiger partial charge in [0.2, 0.25) is 0 Å². The number of hydrogen-bond donors (Lipinski definition) is 0. The lowest BCUT2D eigenvalue weighted by Crippen LogP contribution is -1.80. The molecule has 2 rings (SSSR count). The van der Waals surface area contributed by atoms with E-state index in [2.05, 4.69) is 35.8 Å². The molecule has 1 heterocycles. The lowest BCUT2D eigenvalue weighted by Gasteiger charge is -1.98. The number of rotatable bonds is 3. The Bertz CT molecular complexity index is 360. The highest BCUT2D eigenvalue weighted by Gasteiger charge is 2.09. The van der Waals surface area contributed by atoms with E-state index in [-0.39, 0.29) is 0 Å². The maximum Gasteiger partial charge on any atom is 0.130 e. The Hall–Kier alpha value is -0.670. The third-order valence-electron chi connectivity index (χ3n) is 2.07. The van der Waals surface area contributed by atoms with Gasteiger partial charge in [0.1, 0.15) is 4.38 Å². The van der Waals surface area contributed by atoms with Crippen molar-refractivity contribution in [1.29, 1.82) is 0 Å². The van der Waals surface area contributed by atoms with E-state index in [1.165, 1.54) is 21.4 Å². The molecule has 0 bridgehead atoms. The van der Waals surface area contributed by atoms with E-state index >= 15 is 0 Å². The molecule has 1 aromatic carbocycles. The lowest BCUT2D eigenvalue weighted by atomic mass is 10.1. The van der Waals surface area contributed by atoms with Crippen LogP contribution in [0.4, 0.5) is 5.69 Å². The molecule has 0 radical (unpaired) electrons. The molecule has 0 aromatic heterocycles. The molecule has 1 fully saturated rings. The van der Waals surface area contributed by atoms with Gasteiger partial charge >= 0.3 is 0 Å².